The van der Waals surface area contributed by atoms with Gasteiger partial charge in [-0.05, 0) is 19.1 Å². The zero-order valence-corrected chi connectivity index (χ0v) is 11.7. The number of hydrogen-bond donors (Lipinski definition) is 3. The molecule has 0 heterocycles. The highest BCUT2D eigenvalue weighted by Gasteiger charge is 2.20. The van der Waals surface area contributed by atoms with Gasteiger partial charge in [0.25, 0.3) is 0 Å². The highest BCUT2D eigenvalue weighted by Crippen LogP contribution is 2.21. The van der Waals surface area contributed by atoms with Gasteiger partial charge in [0.15, 0.2) is 0 Å². The Kier molecular flexibility index (Phi) is 4.50. The molecule has 10 heteroatoms. The molecule has 19 heavy (non-hydrogen) atoms. The van der Waals surface area contributed by atoms with Gasteiger partial charge < -0.3 is 5.73 Å². The van der Waals surface area contributed by atoms with Gasteiger partial charge >= 0.3 is 0 Å². The number of nitrogens with two attached hydrogens (primary N) is 2. The van der Waals surface area contributed by atoms with E-state index >= 15 is 0 Å². The summed E-state index contributed by atoms with van der Waals surface area (Å²) < 4.78 is 60.5. The molecule has 0 aliphatic heterocycles. The van der Waals surface area contributed by atoms with Crippen LogP contribution in [0.25, 0.3) is 0 Å². The standard InChI is InChI=1S/C9H14FN3O4S2/c1-6-8(10)4-7(11)5-9(6)19(16,17)13-2-3-18(12,14)15/h4-5,13H,2-3,11H2,1H3,(H2,12,14,15). The van der Waals surface area contributed by atoms with Crippen LogP contribution in [0.15, 0.2) is 17.0 Å². The topological polar surface area (TPSA) is 132 Å². The Morgan fingerprint density at radius 2 is 1.84 bits per heavy atom. The van der Waals surface area contributed by atoms with Gasteiger partial charge in [0, 0.05) is 17.8 Å². The molecule has 0 amide bonds. The normalized spacial score (nSPS) is 12.6. The maximum atomic E-state index is 13.4. The van der Waals surface area contributed by atoms with Gasteiger partial charge in [-0.3, -0.25) is 0 Å². The summed E-state index contributed by atoms with van der Waals surface area (Å²) in [6.07, 6.45) is 0. The van der Waals surface area contributed by atoms with Crippen LogP contribution in [-0.4, -0.2) is 29.1 Å². The molecule has 5 N–H and O–H groups in total. The van der Waals surface area contributed by atoms with Gasteiger partial charge in [0.1, 0.15) is 5.82 Å². The van der Waals surface area contributed by atoms with Gasteiger partial charge in [0.2, 0.25) is 20.0 Å². The minimum Gasteiger partial charge on any atom is -0.399 e. The van der Waals surface area contributed by atoms with Crippen molar-refractivity contribution in [2.75, 3.05) is 18.0 Å². The number of benzene rings is 1. The van der Waals surface area contributed by atoms with Crippen molar-refractivity contribution < 1.29 is 21.2 Å². The Morgan fingerprint density at radius 1 is 1.26 bits per heavy atom. The van der Waals surface area contributed by atoms with Crippen molar-refractivity contribution in [1.82, 2.24) is 4.72 Å². The summed E-state index contributed by atoms with van der Waals surface area (Å²) in [5.74, 6) is -1.32. The van der Waals surface area contributed by atoms with Gasteiger partial charge in [0.05, 0.1) is 10.6 Å². The third-order valence-electron chi connectivity index (χ3n) is 2.29. The molecule has 0 unspecified atom stereocenters. The predicted molar refractivity (Wildman–Crippen MR) is 68.7 cm³/mol. The lowest BCUT2D eigenvalue weighted by Crippen LogP contribution is -2.32. The second-order valence-corrected chi connectivity index (χ2v) is 7.36. The van der Waals surface area contributed by atoms with Crippen molar-refractivity contribution in [1.29, 1.82) is 0 Å². The second kappa shape index (κ2) is 5.41. The number of anilines is 1. The Hall–Kier alpha value is -1.23. The first-order valence-corrected chi connectivity index (χ1v) is 8.28. The number of nitrogen functional groups attached to an aromatic ring is 1. The number of hydrogen-bond acceptors (Lipinski definition) is 5. The smallest absolute Gasteiger partial charge is 0.241 e. The van der Waals surface area contributed by atoms with Crippen LogP contribution in [-0.2, 0) is 20.0 Å². The fourth-order valence-electron chi connectivity index (χ4n) is 1.35. The van der Waals surface area contributed by atoms with E-state index in [1.807, 2.05) is 4.72 Å². The van der Waals surface area contributed by atoms with Crippen molar-refractivity contribution in [2.45, 2.75) is 11.8 Å². The Bertz CT molecular complexity index is 686. The Morgan fingerprint density at radius 3 is 2.37 bits per heavy atom. The van der Waals surface area contributed by atoms with E-state index in [2.05, 4.69) is 0 Å². The quantitative estimate of drug-likeness (QED) is 0.617. The molecule has 0 aliphatic rings. The second-order valence-electron chi connectivity index (χ2n) is 3.89. The molecule has 1 aromatic rings. The van der Waals surface area contributed by atoms with E-state index in [1.54, 1.807) is 0 Å². The lowest BCUT2D eigenvalue weighted by atomic mass is 10.2. The zero-order chi connectivity index (χ0) is 14.8. The van der Waals surface area contributed by atoms with Gasteiger partial charge in [-0.1, -0.05) is 0 Å². The van der Waals surface area contributed by atoms with Crippen LogP contribution < -0.4 is 15.6 Å². The fourth-order valence-corrected chi connectivity index (χ4v) is 3.18. The van der Waals surface area contributed by atoms with Crippen LogP contribution in [0.2, 0.25) is 0 Å². The summed E-state index contributed by atoms with van der Waals surface area (Å²) in [6, 6.07) is 2.09. The number of nitrogens with one attached hydrogen (secondary N) is 1. The molecule has 1 aromatic carbocycles. The molecular formula is C9H14FN3O4S2. The van der Waals surface area contributed by atoms with Crippen molar-refractivity contribution in [3.63, 3.8) is 0 Å². The van der Waals surface area contributed by atoms with Gasteiger partial charge in [-0.15, -0.1) is 0 Å². The predicted octanol–water partition coefficient (Wildman–Crippen LogP) is -0.717. The molecular weight excluding hydrogens is 297 g/mol. The largest absolute Gasteiger partial charge is 0.399 e. The average Bonchev–Trinajstić information content (AvgIpc) is 2.20. The van der Waals surface area contributed by atoms with Crippen LogP contribution in [0.4, 0.5) is 10.1 Å². The highest BCUT2D eigenvalue weighted by atomic mass is 32.2. The number of rotatable bonds is 5. The number of primary sulfonamides is 1. The summed E-state index contributed by atoms with van der Waals surface area (Å²) in [4.78, 5) is -0.334. The molecule has 108 valence electrons. The van der Waals surface area contributed by atoms with E-state index in [1.165, 1.54) is 6.92 Å². The van der Waals surface area contributed by atoms with E-state index in [9.17, 15) is 21.2 Å². The van der Waals surface area contributed by atoms with Gasteiger partial charge in [-0.2, -0.15) is 0 Å². The van der Waals surface area contributed by atoms with E-state index in [4.69, 9.17) is 10.9 Å². The Labute approximate surface area is 110 Å². The van der Waals surface area contributed by atoms with Crippen molar-refractivity contribution in [3.05, 3.63) is 23.5 Å². The monoisotopic (exact) mass is 311 g/mol. The summed E-state index contributed by atoms with van der Waals surface area (Å²) in [5.41, 5.74) is 5.23. The van der Waals surface area contributed by atoms with Crippen molar-refractivity contribution in [2.24, 2.45) is 5.14 Å². The molecule has 0 saturated carbocycles. The molecule has 0 radical (unpaired) electrons. The minimum atomic E-state index is -4.05. The summed E-state index contributed by atoms with van der Waals surface area (Å²) >= 11 is 0. The fraction of sp³-hybridized carbons (Fsp3) is 0.333. The molecule has 7 nitrogen and oxygen atoms in total. The molecule has 0 aliphatic carbocycles. The maximum Gasteiger partial charge on any atom is 0.241 e. The van der Waals surface area contributed by atoms with Crippen LogP contribution in [0, 0.1) is 12.7 Å². The maximum absolute atomic E-state index is 13.4. The SMILES string of the molecule is Cc1c(F)cc(N)cc1S(=O)(=O)NCCS(N)(=O)=O. The van der Waals surface area contributed by atoms with Gasteiger partial charge in [-0.25, -0.2) is 31.1 Å². The zero-order valence-electron chi connectivity index (χ0n) is 10.1. The minimum absolute atomic E-state index is 0.0464. The van der Waals surface area contributed by atoms with Crippen LogP contribution in [0.3, 0.4) is 0 Å². The van der Waals surface area contributed by atoms with Crippen molar-refractivity contribution >= 4 is 25.7 Å². The first-order valence-electron chi connectivity index (χ1n) is 5.09. The van der Waals surface area contributed by atoms with Crippen LogP contribution >= 0.6 is 0 Å². The lowest BCUT2D eigenvalue weighted by molar-refractivity contribution is 0.575. The summed E-state index contributed by atoms with van der Waals surface area (Å²) in [7, 11) is -7.83. The lowest BCUT2D eigenvalue weighted by Gasteiger charge is -2.10. The van der Waals surface area contributed by atoms with Crippen LogP contribution in [0.1, 0.15) is 5.56 Å². The Balaban J connectivity index is 3.02. The van der Waals surface area contributed by atoms with E-state index in [-0.39, 0.29) is 16.1 Å². The first-order chi connectivity index (χ1) is 8.53. The molecule has 0 atom stereocenters. The van der Waals surface area contributed by atoms with Crippen LogP contribution in [0.5, 0.6) is 0 Å². The third-order valence-corrected chi connectivity index (χ3v) is 4.65. The molecule has 0 spiro atoms. The van der Waals surface area contributed by atoms with E-state index in [0.29, 0.717) is 0 Å². The number of halogens is 1. The number of sulfonamides is 2. The molecule has 0 bridgehead atoms. The average molecular weight is 311 g/mol. The third kappa shape index (κ3) is 4.42. The molecule has 0 saturated heterocycles. The highest BCUT2D eigenvalue weighted by molar-refractivity contribution is 7.90. The van der Waals surface area contributed by atoms with Crippen molar-refractivity contribution in [3.8, 4) is 0 Å². The van der Waals surface area contributed by atoms with E-state index in [0.717, 1.165) is 12.1 Å². The summed E-state index contributed by atoms with van der Waals surface area (Å²) in [5, 5.41) is 4.74. The molecule has 0 fully saturated rings. The van der Waals surface area contributed by atoms with E-state index < -0.39 is 38.2 Å². The first kappa shape index (κ1) is 15.8. The molecule has 0 aromatic heterocycles. The molecule has 1 rings (SSSR count). The summed E-state index contributed by atoms with van der Waals surface area (Å²) in [6.45, 7) is 0.875.